The molecule has 1 amide bonds. The first kappa shape index (κ1) is 17.9. The molecule has 0 atom stereocenters. The molecule has 0 radical (unpaired) electrons. The van der Waals surface area contributed by atoms with Crippen molar-refractivity contribution in [2.45, 2.75) is 26.4 Å². The smallest absolute Gasteiger partial charge is 0.265 e. The third-order valence-corrected chi connectivity index (χ3v) is 4.06. The highest BCUT2D eigenvalue weighted by atomic mass is 16.5. The predicted molar refractivity (Wildman–Crippen MR) is 94.1 cm³/mol. The summed E-state index contributed by atoms with van der Waals surface area (Å²) in [6.45, 7) is 3.60. The van der Waals surface area contributed by atoms with E-state index in [0.717, 1.165) is 13.0 Å². The minimum Gasteiger partial charge on any atom is -0.442 e. The molecule has 0 saturated heterocycles. The van der Waals surface area contributed by atoms with E-state index in [2.05, 4.69) is 15.3 Å². The Morgan fingerprint density at radius 1 is 1.35 bits per heavy atom. The summed E-state index contributed by atoms with van der Waals surface area (Å²) < 4.78 is 13.8. The second kappa shape index (κ2) is 7.96. The molecule has 0 aliphatic heterocycles. The van der Waals surface area contributed by atoms with E-state index in [4.69, 9.17) is 9.15 Å². The van der Waals surface area contributed by atoms with Gasteiger partial charge in [-0.3, -0.25) is 14.2 Å². The van der Waals surface area contributed by atoms with Crippen molar-refractivity contribution in [1.82, 2.24) is 24.4 Å². The normalized spacial score (nSPS) is 11.2. The molecule has 0 saturated carbocycles. The molecule has 0 aliphatic rings. The van der Waals surface area contributed by atoms with Crippen molar-refractivity contribution >= 4 is 17.0 Å². The summed E-state index contributed by atoms with van der Waals surface area (Å²) in [6, 6.07) is 0. The number of methoxy groups -OCH3 is 1. The number of carbonyl (C=O) groups excluding carboxylic acids is 1. The monoisotopic (exact) mass is 359 g/mol. The van der Waals surface area contributed by atoms with Crippen LogP contribution in [0.2, 0.25) is 0 Å². The summed E-state index contributed by atoms with van der Waals surface area (Å²) in [5.41, 5.74) is 0.101. The summed E-state index contributed by atoms with van der Waals surface area (Å²) in [7, 11) is 1.56. The van der Waals surface area contributed by atoms with Gasteiger partial charge in [-0.15, -0.1) is 0 Å². The van der Waals surface area contributed by atoms with E-state index in [1.807, 2.05) is 10.8 Å². The van der Waals surface area contributed by atoms with Crippen LogP contribution in [0, 0.1) is 6.92 Å². The van der Waals surface area contributed by atoms with Gasteiger partial charge < -0.3 is 19.0 Å². The van der Waals surface area contributed by atoms with E-state index in [1.165, 1.54) is 10.9 Å². The summed E-state index contributed by atoms with van der Waals surface area (Å²) in [4.78, 5) is 33.4. The SMILES string of the molecule is COCCn1cnc2oc(C)c(C(=O)NCCCn3ccnc3)c2c1=O. The van der Waals surface area contributed by atoms with Gasteiger partial charge in [-0.1, -0.05) is 0 Å². The minimum absolute atomic E-state index is 0.171. The molecule has 3 rings (SSSR count). The molecule has 0 bridgehead atoms. The zero-order valence-electron chi connectivity index (χ0n) is 14.8. The molecule has 9 nitrogen and oxygen atoms in total. The van der Waals surface area contributed by atoms with Crippen molar-refractivity contribution in [3.8, 4) is 0 Å². The number of aromatic nitrogens is 4. The largest absolute Gasteiger partial charge is 0.442 e. The number of ether oxygens (including phenoxy) is 1. The molecule has 3 heterocycles. The van der Waals surface area contributed by atoms with Crippen LogP contribution in [-0.2, 0) is 17.8 Å². The number of carbonyl (C=O) groups is 1. The second-order valence-electron chi connectivity index (χ2n) is 5.86. The first-order valence-corrected chi connectivity index (χ1v) is 8.33. The summed E-state index contributed by atoms with van der Waals surface area (Å²) >= 11 is 0. The van der Waals surface area contributed by atoms with Gasteiger partial charge in [0.2, 0.25) is 5.71 Å². The van der Waals surface area contributed by atoms with Crippen molar-refractivity contribution in [2.24, 2.45) is 0 Å². The molecule has 0 aliphatic carbocycles. The van der Waals surface area contributed by atoms with Crippen molar-refractivity contribution in [2.75, 3.05) is 20.3 Å². The average Bonchev–Trinajstić information content (AvgIpc) is 3.25. The number of aryl methyl sites for hydroxylation is 2. The van der Waals surface area contributed by atoms with Crippen LogP contribution in [-0.4, -0.2) is 45.3 Å². The van der Waals surface area contributed by atoms with Crippen molar-refractivity contribution in [3.63, 3.8) is 0 Å². The number of nitrogens with one attached hydrogen (secondary N) is 1. The fraction of sp³-hybridized carbons (Fsp3) is 0.412. The molecular weight excluding hydrogens is 338 g/mol. The van der Waals surface area contributed by atoms with Crippen molar-refractivity contribution in [3.05, 3.63) is 46.7 Å². The fourth-order valence-electron chi connectivity index (χ4n) is 2.73. The van der Waals surface area contributed by atoms with Gasteiger partial charge >= 0.3 is 0 Å². The average molecular weight is 359 g/mol. The number of hydrogen-bond donors (Lipinski definition) is 1. The Morgan fingerprint density at radius 2 is 2.19 bits per heavy atom. The third-order valence-electron chi connectivity index (χ3n) is 4.06. The van der Waals surface area contributed by atoms with Crippen LogP contribution in [0.4, 0.5) is 0 Å². The van der Waals surface area contributed by atoms with Gasteiger partial charge in [0, 0.05) is 32.6 Å². The third kappa shape index (κ3) is 3.67. The topological polar surface area (TPSA) is 104 Å². The Hall–Kier alpha value is -2.94. The van der Waals surface area contributed by atoms with E-state index < -0.39 is 0 Å². The summed E-state index contributed by atoms with van der Waals surface area (Å²) in [5.74, 6) is 0.0384. The van der Waals surface area contributed by atoms with Crippen LogP contribution >= 0.6 is 0 Å². The van der Waals surface area contributed by atoms with E-state index in [0.29, 0.717) is 25.5 Å². The van der Waals surface area contributed by atoms with Gasteiger partial charge in [-0.25, -0.2) is 9.97 Å². The molecule has 0 aromatic carbocycles. The number of furan rings is 1. The number of amides is 1. The second-order valence-corrected chi connectivity index (χ2v) is 5.86. The Bertz CT molecular complexity index is 942. The Morgan fingerprint density at radius 3 is 2.92 bits per heavy atom. The van der Waals surface area contributed by atoms with Crippen LogP contribution in [0.25, 0.3) is 11.1 Å². The van der Waals surface area contributed by atoms with Crippen LogP contribution in [0.3, 0.4) is 0 Å². The summed E-state index contributed by atoms with van der Waals surface area (Å²) in [6.07, 6.45) is 7.45. The zero-order valence-corrected chi connectivity index (χ0v) is 14.8. The number of imidazole rings is 1. The van der Waals surface area contributed by atoms with Crippen molar-refractivity contribution in [1.29, 1.82) is 0 Å². The fourth-order valence-corrected chi connectivity index (χ4v) is 2.73. The van der Waals surface area contributed by atoms with Crippen LogP contribution in [0.5, 0.6) is 0 Å². The first-order valence-electron chi connectivity index (χ1n) is 8.33. The van der Waals surface area contributed by atoms with Gasteiger partial charge in [0.15, 0.2) is 0 Å². The highest BCUT2D eigenvalue weighted by Gasteiger charge is 2.22. The van der Waals surface area contributed by atoms with Gasteiger partial charge in [0.05, 0.1) is 25.0 Å². The lowest BCUT2D eigenvalue weighted by Crippen LogP contribution is -2.28. The predicted octanol–water partition coefficient (Wildman–Crippen LogP) is 0.961. The molecule has 0 spiro atoms. The number of rotatable bonds is 8. The Balaban J connectivity index is 1.76. The standard InChI is InChI=1S/C17H21N5O4/c1-12-13(15(23)19-4-3-6-21-7-5-18-10-21)14-16(26-12)20-11-22(17(14)24)8-9-25-2/h5,7,10-11H,3-4,6,8-9H2,1-2H3,(H,19,23). The Labute approximate surface area is 149 Å². The van der Waals surface area contributed by atoms with E-state index >= 15 is 0 Å². The first-order chi connectivity index (χ1) is 12.6. The number of hydrogen-bond acceptors (Lipinski definition) is 6. The minimum atomic E-state index is -0.338. The molecule has 26 heavy (non-hydrogen) atoms. The highest BCUT2D eigenvalue weighted by Crippen LogP contribution is 2.20. The molecule has 138 valence electrons. The van der Waals surface area contributed by atoms with Gasteiger partial charge in [-0.2, -0.15) is 0 Å². The lowest BCUT2D eigenvalue weighted by atomic mass is 10.1. The number of nitrogens with zero attached hydrogens (tertiary/aromatic N) is 4. The highest BCUT2D eigenvalue weighted by molar-refractivity contribution is 6.06. The van der Waals surface area contributed by atoms with Crippen LogP contribution < -0.4 is 10.9 Å². The number of fused-ring (bicyclic) bond motifs is 1. The molecule has 3 aromatic heterocycles. The maximum Gasteiger partial charge on any atom is 0.265 e. The van der Waals surface area contributed by atoms with Gasteiger partial charge in [0.1, 0.15) is 17.5 Å². The van der Waals surface area contributed by atoms with Crippen LogP contribution in [0.1, 0.15) is 22.5 Å². The molecule has 9 heteroatoms. The quantitative estimate of drug-likeness (QED) is 0.601. The lowest BCUT2D eigenvalue weighted by Gasteiger charge is -2.06. The van der Waals surface area contributed by atoms with E-state index in [9.17, 15) is 9.59 Å². The van der Waals surface area contributed by atoms with Crippen molar-refractivity contribution < 1.29 is 13.9 Å². The Kier molecular flexibility index (Phi) is 5.47. The maximum atomic E-state index is 12.7. The van der Waals surface area contributed by atoms with Crippen LogP contribution in [0.15, 0.2) is 34.3 Å². The molecular formula is C17H21N5O4. The zero-order chi connectivity index (χ0) is 18.5. The molecule has 3 aromatic rings. The summed E-state index contributed by atoms with van der Waals surface area (Å²) in [5, 5.41) is 3.04. The van der Waals surface area contributed by atoms with Gasteiger partial charge in [0.25, 0.3) is 11.5 Å². The molecule has 0 fully saturated rings. The van der Waals surface area contributed by atoms with Gasteiger partial charge in [-0.05, 0) is 13.3 Å². The molecule has 1 N–H and O–H groups in total. The maximum absolute atomic E-state index is 12.7. The lowest BCUT2D eigenvalue weighted by molar-refractivity contribution is 0.0952. The van der Waals surface area contributed by atoms with E-state index in [-0.39, 0.29) is 28.1 Å². The van der Waals surface area contributed by atoms with E-state index in [1.54, 1.807) is 26.6 Å². The molecule has 0 unspecified atom stereocenters.